The van der Waals surface area contributed by atoms with E-state index in [4.69, 9.17) is 5.11 Å². The molecule has 228 valence electrons. The Morgan fingerprint density at radius 3 is 2.33 bits per heavy atom. The van der Waals surface area contributed by atoms with Crippen LogP contribution in [0.1, 0.15) is 94.7 Å². The summed E-state index contributed by atoms with van der Waals surface area (Å²) in [5, 5.41) is 39.8. The van der Waals surface area contributed by atoms with Gasteiger partial charge in [-0.3, -0.25) is 9.59 Å². The lowest BCUT2D eigenvalue weighted by atomic mass is 9.74. The van der Waals surface area contributed by atoms with Crippen LogP contribution in [0.2, 0.25) is 0 Å². The molecular weight excluding hydrogens is 544 g/mol. The second-order valence-electron chi connectivity index (χ2n) is 12.8. The number of carboxylic acid groups (broad SMARTS) is 1. The Bertz CT molecular complexity index is 1310. The summed E-state index contributed by atoms with van der Waals surface area (Å²) in [6.07, 6.45) is 1.45. The van der Waals surface area contributed by atoms with E-state index < -0.39 is 46.6 Å². The topological polar surface area (TPSA) is 131 Å². The van der Waals surface area contributed by atoms with E-state index in [0.29, 0.717) is 37.0 Å². The third-order valence-electron chi connectivity index (χ3n) is 8.79. The van der Waals surface area contributed by atoms with Crippen molar-refractivity contribution in [3.63, 3.8) is 0 Å². The first-order chi connectivity index (χ1) is 19.8. The summed E-state index contributed by atoms with van der Waals surface area (Å²) >= 11 is 0. The van der Waals surface area contributed by atoms with Crippen LogP contribution >= 0.6 is 0 Å². The fourth-order valence-corrected chi connectivity index (χ4v) is 6.17. The molecule has 0 bridgehead atoms. The summed E-state index contributed by atoms with van der Waals surface area (Å²) in [6, 6.07) is 11.5. The van der Waals surface area contributed by atoms with Crippen LogP contribution in [-0.4, -0.2) is 51.2 Å². The first kappa shape index (κ1) is 31.6. The quantitative estimate of drug-likeness (QED) is 0.184. The van der Waals surface area contributed by atoms with Gasteiger partial charge in [0.2, 0.25) is 5.91 Å². The smallest absolute Gasteiger partial charge is 0.303 e. The van der Waals surface area contributed by atoms with Crippen molar-refractivity contribution in [3.8, 4) is 0 Å². The van der Waals surface area contributed by atoms with Crippen molar-refractivity contribution in [1.29, 1.82) is 0 Å². The van der Waals surface area contributed by atoms with Crippen LogP contribution in [-0.2, 0) is 20.5 Å². The molecule has 0 radical (unpaired) electrons. The van der Waals surface area contributed by atoms with E-state index in [1.165, 1.54) is 12.1 Å². The average molecular weight is 586 g/mol. The predicted octanol–water partition coefficient (Wildman–Crippen LogP) is 5.11. The highest BCUT2D eigenvalue weighted by atomic mass is 19.1. The van der Waals surface area contributed by atoms with Gasteiger partial charge in [-0.15, -0.1) is 0 Å². The Kier molecular flexibility index (Phi) is 9.37. The largest absolute Gasteiger partial charge is 0.481 e. The van der Waals surface area contributed by atoms with Crippen molar-refractivity contribution in [2.45, 2.75) is 101 Å². The Hall–Kier alpha value is -3.37. The SMILES string of the molecule is CC(C)(C)c1cccc(C2(NCC(O)[C@]3(NC(=O)CCCC(=O)O)CC3c3cc(F)cc(F)c3)CCC(=NO)CC2)c1. The van der Waals surface area contributed by atoms with Crippen molar-refractivity contribution in [1.82, 2.24) is 10.6 Å². The molecule has 0 saturated heterocycles. The van der Waals surface area contributed by atoms with E-state index >= 15 is 0 Å². The van der Waals surface area contributed by atoms with Crippen molar-refractivity contribution >= 4 is 17.6 Å². The maximum atomic E-state index is 14.1. The number of aliphatic hydroxyl groups is 1. The third kappa shape index (κ3) is 7.15. The number of carbonyl (C=O) groups excluding carboxylic acids is 1. The zero-order valence-corrected chi connectivity index (χ0v) is 24.4. The minimum absolute atomic E-state index is 0.0504. The third-order valence-corrected chi connectivity index (χ3v) is 8.79. The molecule has 2 unspecified atom stereocenters. The molecule has 2 aromatic carbocycles. The van der Waals surface area contributed by atoms with E-state index in [9.17, 15) is 28.7 Å². The molecule has 8 nitrogen and oxygen atoms in total. The summed E-state index contributed by atoms with van der Waals surface area (Å²) in [5.74, 6) is -3.45. The molecule has 3 atom stereocenters. The van der Waals surface area contributed by atoms with Crippen molar-refractivity contribution < 1.29 is 33.8 Å². The Morgan fingerprint density at radius 2 is 1.74 bits per heavy atom. The van der Waals surface area contributed by atoms with E-state index in [2.05, 4.69) is 48.7 Å². The highest BCUT2D eigenvalue weighted by Crippen LogP contribution is 2.54. The van der Waals surface area contributed by atoms with Crippen molar-refractivity contribution in [2.75, 3.05) is 6.54 Å². The van der Waals surface area contributed by atoms with Crippen LogP contribution < -0.4 is 10.6 Å². The van der Waals surface area contributed by atoms with Crippen molar-refractivity contribution in [2.24, 2.45) is 5.16 Å². The normalized spacial score (nSPS) is 24.6. The Morgan fingerprint density at radius 1 is 1.07 bits per heavy atom. The number of hydrogen-bond donors (Lipinski definition) is 5. The van der Waals surface area contributed by atoms with Crippen LogP contribution in [0.4, 0.5) is 8.78 Å². The first-order valence-corrected chi connectivity index (χ1v) is 14.5. The molecule has 2 aromatic rings. The molecule has 0 spiro atoms. The molecule has 2 aliphatic carbocycles. The number of benzene rings is 2. The number of nitrogens with zero attached hydrogens (tertiary/aromatic N) is 1. The molecule has 1 amide bonds. The predicted molar refractivity (Wildman–Crippen MR) is 155 cm³/mol. The lowest BCUT2D eigenvalue weighted by molar-refractivity contribution is -0.137. The maximum absolute atomic E-state index is 14.1. The zero-order chi connectivity index (χ0) is 30.7. The van der Waals surface area contributed by atoms with E-state index in [-0.39, 0.29) is 37.6 Å². The molecule has 2 aliphatic rings. The fourth-order valence-electron chi connectivity index (χ4n) is 6.17. The van der Waals surface area contributed by atoms with Crippen LogP contribution in [0.25, 0.3) is 0 Å². The minimum Gasteiger partial charge on any atom is -0.481 e. The highest BCUT2D eigenvalue weighted by Gasteiger charge is 2.60. The molecule has 2 fully saturated rings. The monoisotopic (exact) mass is 585 g/mol. The van der Waals surface area contributed by atoms with Crippen LogP contribution in [0, 0.1) is 11.6 Å². The van der Waals surface area contributed by atoms with E-state index in [0.717, 1.165) is 17.2 Å². The number of hydrogen-bond acceptors (Lipinski definition) is 6. The van der Waals surface area contributed by atoms with Gasteiger partial charge < -0.3 is 26.1 Å². The van der Waals surface area contributed by atoms with Gasteiger partial charge in [-0.2, -0.15) is 0 Å². The van der Waals surface area contributed by atoms with E-state index in [1.54, 1.807) is 0 Å². The molecular formula is C32H41F2N3O5. The van der Waals surface area contributed by atoms with Gasteiger partial charge in [0.05, 0.1) is 17.4 Å². The fraction of sp³-hybridized carbons (Fsp3) is 0.531. The van der Waals surface area contributed by atoms with Gasteiger partial charge >= 0.3 is 5.97 Å². The number of aliphatic hydroxyl groups excluding tert-OH is 1. The van der Waals surface area contributed by atoms with E-state index in [1.807, 2.05) is 12.1 Å². The Balaban J connectivity index is 1.59. The second-order valence-corrected chi connectivity index (χ2v) is 12.8. The van der Waals surface area contributed by atoms with Crippen LogP contribution in [0.3, 0.4) is 0 Å². The Labute approximate surface area is 245 Å². The molecule has 2 saturated carbocycles. The number of halogens is 2. The first-order valence-electron chi connectivity index (χ1n) is 14.5. The molecule has 4 rings (SSSR count). The minimum atomic E-state index is -1.17. The highest BCUT2D eigenvalue weighted by molar-refractivity contribution is 5.85. The molecule has 0 aromatic heterocycles. The number of rotatable bonds is 11. The summed E-state index contributed by atoms with van der Waals surface area (Å²) in [7, 11) is 0. The summed E-state index contributed by atoms with van der Waals surface area (Å²) in [5.41, 5.74) is 1.45. The zero-order valence-electron chi connectivity index (χ0n) is 24.4. The number of amides is 1. The van der Waals surface area contributed by atoms with Gasteiger partial charge in [0.1, 0.15) is 11.6 Å². The van der Waals surface area contributed by atoms with Gasteiger partial charge in [0, 0.05) is 36.9 Å². The number of carboxylic acids is 1. The number of oxime groups is 1. The van der Waals surface area contributed by atoms with Crippen LogP contribution in [0.15, 0.2) is 47.6 Å². The van der Waals surface area contributed by atoms with Gasteiger partial charge in [0.15, 0.2) is 0 Å². The number of carbonyl (C=O) groups is 2. The summed E-state index contributed by atoms with van der Waals surface area (Å²) < 4.78 is 28.2. The summed E-state index contributed by atoms with van der Waals surface area (Å²) in [6.45, 7) is 6.49. The average Bonchev–Trinajstić information content (AvgIpc) is 3.66. The van der Waals surface area contributed by atoms with Gasteiger partial charge in [-0.05, 0) is 72.8 Å². The van der Waals surface area contributed by atoms with Gasteiger partial charge in [0.25, 0.3) is 0 Å². The number of aliphatic carboxylic acids is 1. The lowest BCUT2D eigenvalue weighted by Gasteiger charge is -2.41. The standard InChI is InChI=1S/C32H41F2N3O5/c1-30(2,3)21-6-4-7-22(16-21)31(12-10-25(37-42)11-13-31)35-19-27(38)32(36-28(39)8-5-9-29(40)41)18-26(32)20-14-23(33)17-24(34)15-20/h4,6-7,14-17,26-27,35,38,42H,5,8-13,18-19H2,1-3H3,(H,36,39)(H,40,41)/t26?,27?,31?,32-/m0/s1. The van der Waals surface area contributed by atoms with Gasteiger partial charge in [-0.25, -0.2) is 8.78 Å². The lowest BCUT2D eigenvalue weighted by Crippen LogP contribution is -2.55. The van der Waals surface area contributed by atoms with Crippen molar-refractivity contribution in [3.05, 3.63) is 70.8 Å². The maximum Gasteiger partial charge on any atom is 0.303 e. The summed E-state index contributed by atoms with van der Waals surface area (Å²) in [4.78, 5) is 23.8. The molecule has 5 N–H and O–H groups in total. The molecule has 42 heavy (non-hydrogen) atoms. The molecule has 0 heterocycles. The molecule has 10 heteroatoms. The molecule has 0 aliphatic heterocycles. The van der Waals surface area contributed by atoms with Crippen LogP contribution in [0.5, 0.6) is 0 Å². The number of nitrogens with one attached hydrogen (secondary N) is 2. The second kappa shape index (κ2) is 12.5. The van der Waals surface area contributed by atoms with Gasteiger partial charge in [-0.1, -0.05) is 50.2 Å².